The van der Waals surface area contributed by atoms with E-state index in [9.17, 15) is 18.1 Å². The average Bonchev–Trinajstić information content (AvgIpc) is 2.80. The molecule has 0 unspecified atom stereocenters. The summed E-state index contributed by atoms with van der Waals surface area (Å²) in [6, 6.07) is 16.2. The molecule has 0 aliphatic carbocycles. The molecule has 4 aromatic rings. The Morgan fingerprint density at radius 3 is 2.03 bits per heavy atom. The van der Waals surface area contributed by atoms with Crippen molar-refractivity contribution in [2.75, 3.05) is 18.1 Å². The maximum Gasteiger partial charge on any atom is 0.295 e. The van der Waals surface area contributed by atoms with Gasteiger partial charge in [0.2, 0.25) is 0 Å². The largest absolute Gasteiger partial charge is 0.505 e. The first-order valence-corrected chi connectivity index (χ1v) is 12.3. The van der Waals surface area contributed by atoms with Gasteiger partial charge in [-0.2, -0.15) is 13.5 Å². The van der Waals surface area contributed by atoms with Gasteiger partial charge in [-0.1, -0.05) is 18.2 Å². The van der Waals surface area contributed by atoms with Gasteiger partial charge in [0.05, 0.1) is 11.1 Å². The minimum Gasteiger partial charge on any atom is -0.505 e. The van der Waals surface area contributed by atoms with E-state index in [2.05, 4.69) is 27.7 Å². The second-order valence-corrected chi connectivity index (χ2v) is 9.81. The molecule has 35 heavy (non-hydrogen) atoms. The number of nitrogens with zero attached hydrogens (tertiary/aromatic N) is 2. The van der Waals surface area contributed by atoms with E-state index < -0.39 is 10.1 Å². The molecule has 5 N–H and O–H groups in total. The Hall–Kier alpha value is -3.95. The van der Waals surface area contributed by atoms with Crippen LogP contribution in [0.2, 0.25) is 0 Å². The van der Waals surface area contributed by atoms with Crippen molar-refractivity contribution >= 4 is 43.6 Å². The zero-order chi connectivity index (χ0) is 25.5. The van der Waals surface area contributed by atoms with Crippen molar-refractivity contribution in [1.82, 2.24) is 0 Å². The molecular weight excluding hydrogens is 464 g/mol. The number of hydrogen-bond acceptors (Lipinski definition) is 7. The Balaban J connectivity index is 1.73. The highest BCUT2D eigenvalue weighted by atomic mass is 32.2. The van der Waals surface area contributed by atoms with Crippen molar-refractivity contribution in [3.05, 3.63) is 71.3 Å². The van der Waals surface area contributed by atoms with Gasteiger partial charge in [0.1, 0.15) is 10.6 Å². The number of anilines is 2. The van der Waals surface area contributed by atoms with Crippen LogP contribution in [-0.2, 0) is 10.1 Å². The van der Waals surface area contributed by atoms with Crippen molar-refractivity contribution in [3.8, 4) is 16.9 Å². The van der Waals surface area contributed by atoms with Crippen LogP contribution >= 0.6 is 0 Å². The van der Waals surface area contributed by atoms with E-state index in [1.165, 1.54) is 18.2 Å². The summed E-state index contributed by atoms with van der Waals surface area (Å²) in [5.74, 6) is -0.313. The first-order chi connectivity index (χ1) is 16.5. The van der Waals surface area contributed by atoms with Crippen LogP contribution < -0.4 is 11.1 Å². The molecule has 0 aromatic heterocycles. The number of aryl methyl sites for hydroxylation is 3. The van der Waals surface area contributed by atoms with Gasteiger partial charge in [-0.3, -0.25) is 4.55 Å². The third kappa shape index (κ3) is 4.55. The molecule has 0 atom stereocenters. The summed E-state index contributed by atoms with van der Waals surface area (Å²) in [6.45, 7) is 5.57. The molecule has 0 saturated heterocycles. The van der Waals surface area contributed by atoms with Crippen molar-refractivity contribution in [3.63, 3.8) is 0 Å². The van der Waals surface area contributed by atoms with Gasteiger partial charge in [-0.05, 0) is 85.0 Å². The Kier molecular flexibility index (Phi) is 6.23. The number of aromatic hydroxyl groups is 1. The Morgan fingerprint density at radius 2 is 1.43 bits per heavy atom. The van der Waals surface area contributed by atoms with Crippen LogP contribution in [0.3, 0.4) is 0 Å². The van der Waals surface area contributed by atoms with Crippen LogP contribution in [0.5, 0.6) is 5.75 Å². The Morgan fingerprint density at radius 1 is 0.829 bits per heavy atom. The van der Waals surface area contributed by atoms with Crippen molar-refractivity contribution in [2.45, 2.75) is 25.7 Å². The Bertz CT molecular complexity index is 1610. The fourth-order valence-electron chi connectivity index (χ4n) is 4.08. The molecular formula is C26H26N4O4S. The monoisotopic (exact) mass is 490 g/mol. The number of benzene rings is 4. The molecule has 0 fully saturated rings. The first kappa shape index (κ1) is 24.2. The molecule has 0 bridgehead atoms. The van der Waals surface area contributed by atoms with Crippen molar-refractivity contribution < 1.29 is 18.1 Å². The molecule has 4 rings (SSSR count). The van der Waals surface area contributed by atoms with Gasteiger partial charge in [0.25, 0.3) is 10.1 Å². The van der Waals surface area contributed by atoms with Gasteiger partial charge in [-0.15, -0.1) is 5.11 Å². The summed E-state index contributed by atoms with van der Waals surface area (Å²) in [4.78, 5) is -0.331. The zero-order valence-electron chi connectivity index (χ0n) is 19.8. The molecule has 9 heteroatoms. The number of rotatable bonds is 5. The molecule has 0 aliphatic rings. The maximum absolute atomic E-state index is 11.8. The van der Waals surface area contributed by atoms with Gasteiger partial charge in [0, 0.05) is 23.8 Å². The van der Waals surface area contributed by atoms with Crippen LogP contribution in [0.25, 0.3) is 21.9 Å². The number of azo groups is 1. The fraction of sp³-hybridized carbons (Fsp3) is 0.154. The lowest BCUT2D eigenvalue weighted by molar-refractivity contribution is 0.482. The first-order valence-electron chi connectivity index (χ1n) is 10.8. The molecule has 8 nitrogen and oxygen atoms in total. The normalized spacial score (nSPS) is 11.9. The zero-order valence-corrected chi connectivity index (χ0v) is 20.6. The molecule has 0 spiro atoms. The van der Waals surface area contributed by atoms with Gasteiger partial charge in [-0.25, -0.2) is 0 Å². The second-order valence-electron chi connectivity index (χ2n) is 8.42. The molecule has 0 aliphatic heterocycles. The summed E-state index contributed by atoms with van der Waals surface area (Å²) < 4.78 is 33.2. The molecule has 0 heterocycles. The van der Waals surface area contributed by atoms with Crippen LogP contribution in [0.1, 0.15) is 16.7 Å². The van der Waals surface area contributed by atoms with Crippen LogP contribution in [0.4, 0.5) is 22.7 Å². The van der Waals surface area contributed by atoms with Gasteiger partial charge in [0.15, 0.2) is 5.75 Å². The third-order valence-corrected chi connectivity index (χ3v) is 6.93. The van der Waals surface area contributed by atoms with Crippen LogP contribution in [-0.4, -0.2) is 25.1 Å². The lowest BCUT2D eigenvalue weighted by atomic mass is 10.00. The lowest BCUT2D eigenvalue weighted by Crippen LogP contribution is -2.02. The summed E-state index contributed by atoms with van der Waals surface area (Å²) >= 11 is 0. The number of hydrogen-bond donors (Lipinski definition) is 4. The van der Waals surface area contributed by atoms with Crippen LogP contribution in [0, 0.1) is 20.8 Å². The number of nitrogens with one attached hydrogen (secondary N) is 1. The summed E-state index contributed by atoms with van der Waals surface area (Å²) in [5.41, 5.74) is 12.7. The minimum atomic E-state index is -4.52. The number of nitrogen functional groups attached to an aromatic ring is 1. The standard InChI is InChI=1S/C26H26N4O4S/c1-14-11-17(5-8-20(14)28-4)18-6-9-21(15(2)12-18)29-30-22-10-7-19-23(35(32,33)34)13-16(3)25(27)24(19)26(22)31/h5-13,28,31H,27H2,1-4H3,(H,32,33,34). The Labute approximate surface area is 203 Å². The van der Waals surface area contributed by atoms with E-state index in [1.807, 2.05) is 45.2 Å². The predicted molar refractivity (Wildman–Crippen MR) is 140 cm³/mol. The highest BCUT2D eigenvalue weighted by molar-refractivity contribution is 7.86. The number of fused-ring (bicyclic) bond motifs is 1. The average molecular weight is 491 g/mol. The second kappa shape index (κ2) is 9.01. The van der Waals surface area contributed by atoms with E-state index in [0.29, 0.717) is 11.3 Å². The van der Waals surface area contributed by atoms with E-state index in [0.717, 1.165) is 27.9 Å². The molecule has 0 saturated carbocycles. The molecule has 180 valence electrons. The van der Waals surface area contributed by atoms with Crippen LogP contribution in [0.15, 0.2) is 69.7 Å². The van der Waals surface area contributed by atoms with Crippen molar-refractivity contribution in [2.24, 2.45) is 10.2 Å². The topological polar surface area (TPSA) is 137 Å². The van der Waals surface area contributed by atoms with Gasteiger partial charge < -0.3 is 16.2 Å². The van der Waals surface area contributed by atoms with E-state index in [-0.39, 0.29) is 32.8 Å². The quantitative estimate of drug-likeness (QED) is 0.145. The molecule has 0 radical (unpaired) electrons. The highest BCUT2D eigenvalue weighted by Gasteiger charge is 2.21. The molecule has 0 amide bonds. The summed E-state index contributed by atoms with van der Waals surface area (Å²) in [5, 5.41) is 22.7. The maximum atomic E-state index is 11.8. The molecule has 4 aromatic carbocycles. The highest BCUT2D eigenvalue weighted by Crippen LogP contribution is 2.42. The van der Waals surface area contributed by atoms with E-state index in [4.69, 9.17) is 5.73 Å². The van der Waals surface area contributed by atoms with E-state index in [1.54, 1.807) is 6.92 Å². The predicted octanol–water partition coefficient (Wildman–Crippen LogP) is 6.42. The SMILES string of the molecule is CNc1ccc(-c2ccc(N=Nc3ccc4c(S(=O)(=O)O)cc(C)c(N)c4c3O)c(C)c2)cc1C. The number of phenolic OH excluding ortho intramolecular Hbond substituents is 1. The lowest BCUT2D eigenvalue weighted by Gasteiger charge is -2.12. The van der Waals surface area contributed by atoms with Crippen molar-refractivity contribution in [1.29, 1.82) is 0 Å². The number of phenols is 1. The van der Waals surface area contributed by atoms with E-state index >= 15 is 0 Å². The fourth-order valence-corrected chi connectivity index (χ4v) is 4.85. The third-order valence-electron chi connectivity index (χ3n) is 6.03. The number of nitrogens with two attached hydrogens (primary N) is 1. The summed E-state index contributed by atoms with van der Waals surface area (Å²) in [7, 11) is -2.63. The summed E-state index contributed by atoms with van der Waals surface area (Å²) in [6.07, 6.45) is 0. The smallest absolute Gasteiger partial charge is 0.295 e. The minimum absolute atomic E-state index is 0.0986. The van der Waals surface area contributed by atoms with Gasteiger partial charge >= 0.3 is 0 Å².